The molecule has 1 aliphatic rings. The lowest BCUT2D eigenvalue weighted by Crippen LogP contribution is -2.39. The van der Waals surface area contributed by atoms with Crippen molar-refractivity contribution >= 4 is 11.8 Å². The summed E-state index contributed by atoms with van der Waals surface area (Å²) in [6.45, 7) is 6.28. The molecular weight excluding hydrogens is 220 g/mol. The van der Waals surface area contributed by atoms with E-state index in [2.05, 4.69) is 11.8 Å². The third-order valence-electron chi connectivity index (χ3n) is 3.31. The van der Waals surface area contributed by atoms with Gasteiger partial charge in [0.2, 0.25) is 0 Å². The van der Waals surface area contributed by atoms with Crippen LogP contribution in [0.3, 0.4) is 0 Å². The Labute approximate surface area is 104 Å². The first kappa shape index (κ1) is 14.3. The summed E-state index contributed by atoms with van der Waals surface area (Å²) in [7, 11) is 1.79. The minimum Gasteiger partial charge on any atom is -0.384 e. The Hall–Kier alpha value is 0.230. The Morgan fingerprint density at radius 3 is 3.00 bits per heavy atom. The van der Waals surface area contributed by atoms with Gasteiger partial charge >= 0.3 is 0 Å². The fourth-order valence-electron chi connectivity index (χ4n) is 2.38. The van der Waals surface area contributed by atoms with Gasteiger partial charge in [-0.3, -0.25) is 4.90 Å². The molecule has 1 saturated heterocycles. The highest BCUT2D eigenvalue weighted by Crippen LogP contribution is 2.20. The Morgan fingerprint density at radius 1 is 1.56 bits per heavy atom. The van der Waals surface area contributed by atoms with Gasteiger partial charge in [-0.1, -0.05) is 6.92 Å². The second kappa shape index (κ2) is 8.34. The molecule has 2 atom stereocenters. The largest absolute Gasteiger partial charge is 0.384 e. The fraction of sp³-hybridized carbons (Fsp3) is 1.00. The first-order valence-corrected chi connectivity index (χ1v) is 7.48. The molecule has 96 valence electrons. The van der Waals surface area contributed by atoms with Gasteiger partial charge in [0.1, 0.15) is 0 Å². The van der Waals surface area contributed by atoms with E-state index < -0.39 is 0 Å². The number of nitrogens with zero attached hydrogens (tertiary/aromatic N) is 1. The van der Waals surface area contributed by atoms with Crippen LogP contribution in [0.4, 0.5) is 0 Å². The quantitative estimate of drug-likeness (QED) is 0.658. The lowest BCUT2D eigenvalue weighted by Gasteiger charge is -2.26. The zero-order valence-corrected chi connectivity index (χ0v) is 11.5. The standard InChI is InChI=1S/C12H26N2OS/c1-3-16-7-5-12(8-13)14-6-4-11(9-14)10-15-2/h11-12H,3-10,13H2,1-2H3. The maximum atomic E-state index is 5.87. The van der Waals surface area contributed by atoms with Crippen molar-refractivity contribution in [2.75, 3.05) is 44.9 Å². The molecule has 1 heterocycles. The van der Waals surface area contributed by atoms with Crippen LogP contribution in [0.2, 0.25) is 0 Å². The van der Waals surface area contributed by atoms with Crippen LogP contribution in [0.25, 0.3) is 0 Å². The van der Waals surface area contributed by atoms with Crippen LogP contribution in [0.15, 0.2) is 0 Å². The third kappa shape index (κ3) is 4.62. The monoisotopic (exact) mass is 246 g/mol. The second-order valence-electron chi connectivity index (χ2n) is 4.48. The molecule has 0 aromatic heterocycles. The van der Waals surface area contributed by atoms with Crippen LogP contribution in [0, 0.1) is 5.92 Å². The molecule has 2 unspecified atom stereocenters. The van der Waals surface area contributed by atoms with E-state index in [1.54, 1.807) is 7.11 Å². The molecule has 0 aliphatic carbocycles. The molecule has 0 aromatic carbocycles. The fourth-order valence-corrected chi connectivity index (χ4v) is 3.11. The zero-order valence-electron chi connectivity index (χ0n) is 10.7. The molecule has 0 bridgehead atoms. The minimum absolute atomic E-state index is 0.584. The molecule has 1 rings (SSSR count). The van der Waals surface area contributed by atoms with Crippen LogP contribution in [-0.2, 0) is 4.74 Å². The van der Waals surface area contributed by atoms with E-state index in [0.29, 0.717) is 6.04 Å². The molecule has 4 heteroatoms. The van der Waals surface area contributed by atoms with E-state index in [4.69, 9.17) is 10.5 Å². The van der Waals surface area contributed by atoms with Crippen molar-refractivity contribution in [3.63, 3.8) is 0 Å². The van der Waals surface area contributed by atoms with Crippen molar-refractivity contribution in [3.05, 3.63) is 0 Å². The van der Waals surface area contributed by atoms with Crippen LogP contribution in [-0.4, -0.2) is 55.8 Å². The zero-order chi connectivity index (χ0) is 11.8. The van der Waals surface area contributed by atoms with Crippen molar-refractivity contribution in [1.29, 1.82) is 0 Å². The second-order valence-corrected chi connectivity index (χ2v) is 5.87. The van der Waals surface area contributed by atoms with E-state index in [1.807, 2.05) is 11.8 Å². The van der Waals surface area contributed by atoms with Gasteiger partial charge < -0.3 is 10.5 Å². The maximum Gasteiger partial charge on any atom is 0.0503 e. The molecule has 0 spiro atoms. The molecule has 0 aromatic rings. The van der Waals surface area contributed by atoms with Gasteiger partial charge in [-0.25, -0.2) is 0 Å². The van der Waals surface area contributed by atoms with Gasteiger partial charge in [0.25, 0.3) is 0 Å². The average Bonchev–Trinajstić information content (AvgIpc) is 2.74. The van der Waals surface area contributed by atoms with E-state index in [-0.39, 0.29) is 0 Å². The minimum atomic E-state index is 0.584. The topological polar surface area (TPSA) is 38.5 Å². The number of thioether (sulfide) groups is 1. The smallest absolute Gasteiger partial charge is 0.0503 e. The van der Waals surface area contributed by atoms with Gasteiger partial charge in [0.05, 0.1) is 6.61 Å². The molecule has 1 aliphatic heterocycles. The average molecular weight is 246 g/mol. The number of methoxy groups -OCH3 is 1. The van der Waals surface area contributed by atoms with E-state index >= 15 is 0 Å². The van der Waals surface area contributed by atoms with Crippen LogP contribution in [0.1, 0.15) is 19.8 Å². The molecule has 0 radical (unpaired) electrons. The SMILES string of the molecule is CCSCCC(CN)N1CCC(COC)C1. The Morgan fingerprint density at radius 2 is 2.38 bits per heavy atom. The summed E-state index contributed by atoms with van der Waals surface area (Å²) in [6.07, 6.45) is 2.50. The number of hydrogen-bond acceptors (Lipinski definition) is 4. The molecule has 0 saturated carbocycles. The summed E-state index contributed by atoms with van der Waals surface area (Å²) < 4.78 is 5.22. The van der Waals surface area contributed by atoms with E-state index in [0.717, 1.165) is 19.1 Å². The highest BCUT2D eigenvalue weighted by Gasteiger charge is 2.26. The van der Waals surface area contributed by atoms with Crippen LogP contribution >= 0.6 is 11.8 Å². The van der Waals surface area contributed by atoms with E-state index in [1.165, 1.54) is 37.4 Å². The number of ether oxygens (including phenoxy) is 1. The lowest BCUT2D eigenvalue weighted by molar-refractivity contribution is 0.147. The van der Waals surface area contributed by atoms with Crippen molar-refractivity contribution in [3.8, 4) is 0 Å². The molecular formula is C12H26N2OS. The molecule has 16 heavy (non-hydrogen) atoms. The summed E-state index contributed by atoms with van der Waals surface area (Å²) in [5.74, 6) is 3.17. The van der Waals surface area contributed by atoms with Gasteiger partial charge in [0.15, 0.2) is 0 Å². The third-order valence-corrected chi connectivity index (χ3v) is 4.24. The first-order valence-electron chi connectivity index (χ1n) is 6.32. The van der Waals surface area contributed by atoms with Crippen molar-refractivity contribution in [2.45, 2.75) is 25.8 Å². The lowest BCUT2D eigenvalue weighted by atomic mass is 10.1. The first-order chi connectivity index (χ1) is 7.81. The maximum absolute atomic E-state index is 5.87. The highest BCUT2D eigenvalue weighted by molar-refractivity contribution is 7.99. The molecule has 2 N–H and O–H groups in total. The van der Waals surface area contributed by atoms with Crippen molar-refractivity contribution in [1.82, 2.24) is 4.90 Å². The number of likely N-dealkylation sites (tertiary alicyclic amines) is 1. The Balaban J connectivity index is 2.25. The van der Waals surface area contributed by atoms with Crippen molar-refractivity contribution < 1.29 is 4.74 Å². The van der Waals surface area contributed by atoms with Crippen LogP contribution in [0.5, 0.6) is 0 Å². The Bertz CT molecular complexity index is 180. The summed E-state index contributed by atoms with van der Waals surface area (Å²) in [5.41, 5.74) is 5.87. The van der Waals surface area contributed by atoms with Gasteiger partial charge in [-0.15, -0.1) is 0 Å². The molecule has 3 nitrogen and oxygen atoms in total. The van der Waals surface area contributed by atoms with Crippen LogP contribution < -0.4 is 5.73 Å². The number of rotatable bonds is 8. The molecule has 0 amide bonds. The Kier molecular flexibility index (Phi) is 7.45. The van der Waals surface area contributed by atoms with Gasteiger partial charge in [0, 0.05) is 26.2 Å². The molecule has 1 fully saturated rings. The predicted octanol–water partition coefficient (Wildman–Crippen LogP) is 1.43. The number of nitrogens with two attached hydrogens (primary N) is 1. The van der Waals surface area contributed by atoms with Gasteiger partial charge in [-0.05, 0) is 36.8 Å². The summed E-state index contributed by atoms with van der Waals surface area (Å²) in [4.78, 5) is 2.56. The summed E-state index contributed by atoms with van der Waals surface area (Å²) in [6, 6.07) is 0.584. The van der Waals surface area contributed by atoms with Gasteiger partial charge in [-0.2, -0.15) is 11.8 Å². The summed E-state index contributed by atoms with van der Waals surface area (Å²) >= 11 is 2.01. The highest BCUT2D eigenvalue weighted by atomic mass is 32.2. The predicted molar refractivity (Wildman–Crippen MR) is 72.0 cm³/mol. The normalized spacial score (nSPS) is 23.8. The van der Waals surface area contributed by atoms with E-state index in [9.17, 15) is 0 Å². The summed E-state index contributed by atoms with van der Waals surface area (Å²) in [5, 5.41) is 0. The number of hydrogen-bond donors (Lipinski definition) is 1. The van der Waals surface area contributed by atoms with Crippen molar-refractivity contribution in [2.24, 2.45) is 11.7 Å².